The SMILES string of the molecule is CC1CC(C)CN(S(=O)(=O)c2ccc3c(c2)OCC(=O)N3)C1. The molecule has 2 atom stereocenters. The summed E-state index contributed by atoms with van der Waals surface area (Å²) in [5, 5.41) is 2.66. The summed E-state index contributed by atoms with van der Waals surface area (Å²) in [6.45, 7) is 5.14. The predicted molar refractivity (Wildman–Crippen MR) is 82.3 cm³/mol. The summed E-state index contributed by atoms with van der Waals surface area (Å²) in [6, 6.07) is 4.59. The van der Waals surface area contributed by atoms with Crippen LogP contribution in [0.2, 0.25) is 0 Å². The lowest BCUT2D eigenvalue weighted by Gasteiger charge is -2.34. The number of sulfonamides is 1. The molecule has 1 amide bonds. The molecule has 22 heavy (non-hydrogen) atoms. The number of anilines is 1. The molecule has 2 unspecified atom stereocenters. The van der Waals surface area contributed by atoms with Crippen LogP contribution < -0.4 is 10.1 Å². The summed E-state index contributed by atoms with van der Waals surface area (Å²) in [6.07, 6.45) is 1.05. The van der Waals surface area contributed by atoms with Crippen LogP contribution in [0, 0.1) is 11.8 Å². The molecule has 1 aromatic carbocycles. The molecule has 0 saturated carbocycles. The van der Waals surface area contributed by atoms with Crippen LogP contribution in [-0.4, -0.2) is 38.3 Å². The van der Waals surface area contributed by atoms with E-state index in [9.17, 15) is 13.2 Å². The van der Waals surface area contributed by atoms with Crippen LogP contribution in [0.4, 0.5) is 5.69 Å². The largest absolute Gasteiger partial charge is 0.482 e. The van der Waals surface area contributed by atoms with Gasteiger partial charge in [0.05, 0.1) is 10.6 Å². The number of hydrogen-bond acceptors (Lipinski definition) is 4. The molecule has 0 spiro atoms. The van der Waals surface area contributed by atoms with E-state index in [1.807, 2.05) is 0 Å². The molecular formula is C15H20N2O4S. The van der Waals surface area contributed by atoms with Crippen molar-refractivity contribution in [2.24, 2.45) is 11.8 Å². The van der Waals surface area contributed by atoms with E-state index in [0.29, 0.717) is 36.4 Å². The van der Waals surface area contributed by atoms with Crippen molar-refractivity contribution in [2.45, 2.75) is 25.2 Å². The number of rotatable bonds is 2. The molecule has 6 nitrogen and oxygen atoms in total. The zero-order valence-electron chi connectivity index (χ0n) is 12.7. The number of nitrogens with zero attached hydrogens (tertiary/aromatic N) is 1. The minimum atomic E-state index is -3.53. The highest BCUT2D eigenvalue weighted by molar-refractivity contribution is 7.89. The molecule has 7 heteroatoms. The first-order valence-corrected chi connectivity index (χ1v) is 8.87. The van der Waals surface area contributed by atoms with Gasteiger partial charge in [-0.15, -0.1) is 0 Å². The summed E-state index contributed by atoms with van der Waals surface area (Å²) in [5.74, 6) is 0.874. The van der Waals surface area contributed by atoms with Gasteiger partial charge >= 0.3 is 0 Å². The highest BCUT2D eigenvalue weighted by Gasteiger charge is 2.32. The van der Waals surface area contributed by atoms with Gasteiger partial charge in [0.15, 0.2) is 6.61 Å². The number of ether oxygens (including phenoxy) is 1. The Morgan fingerprint density at radius 1 is 1.23 bits per heavy atom. The second-order valence-electron chi connectivity index (χ2n) is 6.26. The maximum absolute atomic E-state index is 12.8. The Morgan fingerprint density at radius 2 is 1.91 bits per heavy atom. The van der Waals surface area contributed by atoms with Gasteiger partial charge < -0.3 is 10.1 Å². The minimum Gasteiger partial charge on any atom is -0.482 e. The normalized spacial score (nSPS) is 26.0. The van der Waals surface area contributed by atoms with Crippen LogP contribution in [-0.2, 0) is 14.8 Å². The third kappa shape index (κ3) is 2.83. The molecule has 0 radical (unpaired) electrons. The number of amides is 1. The smallest absolute Gasteiger partial charge is 0.262 e. The van der Waals surface area contributed by atoms with Crippen molar-refractivity contribution in [3.63, 3.8) is 0 Å². The average Bonchev–Trinajstić information content (AvgIpc) is 2.45. The first-order chi connectivity index (χ1) is 10.4. The number of nitrogens with one attached hydrogen (secondary N) is 1. The Kier molecular flexibility index (Phi) is 3.86. The van der Waals surface area contributed by atoms with Crippen LogP contribution in [0.3, 0.4) is 0 Å². The van der Waals surface area contributed by atoms with E-state index in [0.717, 1.165) is 6.42 Å². The van der Waals surface area contributed by atoms with Crippen molar-refractivity contribution in [1.29, 1.82) is 0 Å². The fraction of sp³-hybridized carbons (Fsp3) is 0.533. The summed E-state index contributed by atoms with van der Waals surface area (Å²) < 4.78 is 32.5. The topological polar surface area (TPSA) is 75.7 Å². The number of carbonyl (C=O) groups excluding carboxylic acids is 1. The first kappa shape index (κ1) is 15.3. The zero-order chi connectivity index (χ0) is 15.9. The molecular weight excluding hydrogens is 304 g/mol. The zero-order valence-corrected chi connectivity index (χ0v) is 13.5. The van der Waals surface area contributed by atoms with Crippen molar-refractivity contribution in [1.82, 2.24) is 4.31 Å². The number of hydrogen-bond donors (Lipinski definition) is 1. The monoisotopic (exact) mass is 324 g/mol. The average molecular weight is 324 g/mol. The lowest BCUT2D eigenvalue weighted by atomic mass is 9.94. The van der Waals surface area contributed by atoms with E-state index < -0.39 is 10.0 Å². The molecule has 1 fully saturated rings. The Labute approximate surface area is 130 Å². The fourth-order valence-corrected chi connectivity index (χ4v) is 4.86. The molecule has 1 N–H and O–H groups in total. The molecule has 120 valence electrons. The second kappa shape index (κ2) is 5.55. The van der Waals surface area contributed by atoms with Crippen LogP contribution in [0.5, 0.6) is 5.75 Å². The molecule has 2 heterocycles. The number of benzene rings is 1. The van der Waals surface area contributed by atoms with Gasteiger partial charge in [-0.1, -0.05) is 13.8 Å². The third-order valence-electron chi connectivity index (χ3n) is 4.06. The Balaban J connectivity index is 1.91. The highest BCUT2D eigenvalue weighted by atomic mass is 32.2. The van der Waals surface area contributed by atoms with Crippen LogP contribution >= 0.6 is 0 Å². The standard InChI is InChI=1S/C15H20N2O4S/c1-10-5-11(2)8-17(7-10)22(19,20)12-3-4-13-14(6-12)21-9-15(18)16-13/h3-4,6,10-11H,5,7-9H2,1-2H3,(H,16,18). The lowest BCUT2D eigenvalue weighted by molar-refractivity contribution is -0.118. The van der Waals surface area contributed by atoms with Gasteiger partial charge in [-0.2, -0.15) is 4.31 Å². The van der Waals surface area contributed by atoms with Crippen molar-refractivity contribution < 1.29 is 17.9 Å². The van der Waals surface area contributed by atoms with Gasteiger partial charge in [0.1, 0.15) is 5.75 Å². The van der Waals surface area contributed by atoms with E-state index in [1.54, 1.807) is 10.4 Å². The van der Waals surface area contributed by atoms with Crippen LogP contribution in [0.1, 0.15) is 20.3 Å². The first-order valence-electron chi connectivity index (χ1n) is 7.43. The van der Waals surface area contributed by atoms with Gasteiger partial charge in [-0.05, 0) is 30.4 Å². The van der Waals surface area contributed by atoms with E-state index in [2.05, 4.69) is 19.2 Å². The maximum atomic E-state index is 12.8. The Hall–Kier alpha value is -1.60. The van der Waals surface area contributed by atoms with Crippen molar-refractivity contribution in [2.75, 3.05) is 25.0 Å². The molecule has 0 bridgehead atoms. The second-order valence-corrected chi connectivity index (χ2v) is 8.20. The van der Waals surface area contributed by atoms with Crippen LogP contribution in [0.25, 0.3) is 0 Å². The Morgan fingerprint density at radius 3 is 2.59 bits per heavy atom. The molecule has 0 aliphatic carbocycles. The molecule has 1 saturated heterocycles. The third-order valence-corrected chi connectivity index (χ3v) is 5.89. The maximum Gasteiger partial charge on any atom is 0.262 e. The molecule has 1 aromatic rings. The summed E-state index contributed by atoms with van der Waals surface area (Å²) in [5.41, 5.74) is 0.510. The quantitative estimate of drug-likeness (QED) is 0.898. The summed E-state index contributed by atoms with van der Waals surface area (Å²) >= 11 is 0. The van der Waals surface area contributed by atoms with Gasteiger partial charge in [0, 0.05) is 19.2 Å². The van der Waals surface area contributed by atoms with E-state index in [1.165, 1.54) is 12.1 Å². The van der Waals surface area contributed by atoms with E-state index >= 15 is 0 Å². The molecule has 2 aliphatic heterocycles. The van der Waals surface area contributed by atoms with E-state index in [4.69, 9.17) is 4.74 Å². The molecule has 3 rings (SSSR count). The lowest BCUT2D eigenvalue weighted by Crippen LogP contribution is -2.42. The number of fused-ring (bicyclic) bond motifs is 1. The predicted octanol–water partition coefficient (Wildman–Crippen LogP) is 1.68. The Bertz CT molecular complexity index is 691. The molecule has 0 aromatic heterocycles. The fourth-order valence-electron chi connectivity index (χ4n) is 3.17. The highest BCUT2D eigenvalue weighted by Crippen LogP contribution is 2.33. The number of piperidine rings is 1. The number of carbonyl (C=O) groups is 1. The van der Waals surface area contributed by atoms with Gasteiger partial charge in [-0.3, -0.25) is 4.79 Å². The van der Waals surface area contributed by atoms with Gasteiger partial charge in [0.25, 0.3) is 5.91 Å². The van der Waals surface area contributed by atoms with E-state index in [-0.39, 0.29) is 17.4 Å². The molecule has 2 aliphatic rings. The summed E-state index contributed by atoms with van der Waals surface area (Å²) in [4.78, 5) is 11.5. The van der Waals surface area contributed by atoms with Gasteiger partial charge in [-0.25, -0.2) is 8.42 Å². The van der Waals surface area contributed by atoms with Crippen LogP contribution in [0.15, 0.2) is 23.1 Å². The van der Waals surface area contributed by atoms with Gasteiger partial charge in [0.2, 0.25) is 10.0 Å². The summed E-state index contributed by atoms with van der Waals surface area (Å²) in [7, 11) is -3.53. The van der Waals surface area contributed by atoms with Crippen molar-refractivity contribution >= 4 is 21.6 Å². The van der Waals surface area contributed by atoms with Crippen molar-refractivity contribution in [3.8, 4) is 5.75 Å². The minimum absolute atomic E-state index is 0.0890. The van der Waals surface area contributed by atoms with Crippen molar-refractivity contribution in [3.05, 3.63) is 18.2 Å².